The summed E-state index contributed by atoms with van der Waals surface area (Å²) < 4.78 is 5.38. The number of nitrogens with two attached hydrogens (primary N) is 1. The van der Waals surface area contributed by atoms with Gasteiger partial charge in [0.2, 0.25) is 11.8 Å². The minimum absolute atomic E-state index is 0. The Bertz CT molecular complexity index is 677. The summed E-state index contributed by atoms with van der Waals surface area (Å²) in [4.78, 5) is 25.1. The van der Waals surface area contributed by atoms with Gasteiger partial charge in [-0.2, -0.15) is 0 Å². The number of methoxy groups -OCH3 is 1. The maximum absolute atomic E-state index is 12.6. The molecule has 2 saturated carbocycles. The highest BCUT2D eigenvalue weighted by Crippen LogP contribution is 2.31. The summed E-state index contributed by atoms with van der Waals surface area (Å²) in [6, 6.07) is 5.46. The van der Waals surface area contributed by atoms with Crippen molar-refractivity contribution < 1.29 is 14.3 Å². The fourth-order valence-corrected chi connectivity index (χ4v) is 4.19. The Morgan fingerprint density at radius 3 is 2.32 bits per heavy atom. The standard InChI is InChI=1S/C21H31N3O3.ClH/c1-27-19-11-10-17(23-21(26)15-8-5-9-16(22)12-15)13-18(19)24-20(25)14-6-3-2-4-7-14;/h10-11,13-16H,2-9,12,22H2,1H3,(H,23,26)(H,24,25);1H. The SMILES string of the molecule is COc1ccc(NC(=O)C2CCCC(N)C2)cc1NC(=O)C1CCCCC1.Cl. The van der Waals surface area contributed by atoms with Crippen LogP contribution in [0.25, 0.3) is 0 Å². The van der Waals surface area contributed by atoms with E-state index >= 15 is 0 Å². The Kier molecular flexibility index (Phi) is 8.58. The van der Waals surface area contributed by atoms with Crippen LogP contribution in [-0.4, -0.2) is 25.0 Å². The zero-order chi connectivity index (χ0) is 19.2. The van der Waals surface area contributed by atoms with Crippen LogP contribution in [0.2, 0.25) is 0 Å². The number of benzene rings is 1. The van der Waals surface area contributed by atoms with Crippen LogP contribution in [0.15, 0.2) is 18.2 Å². The molecule has 1 aromatic rings. The topological polar surface area (TPSA) is 93.4 Å². The smallest absolute Gasteiger partial charge is 0.227 e. The fourth-order valence-electron chi connectivity index (χ4n) is 4.19. The van der Waals surface area contributed by atoms with E-state index in [-0.39, 0.29) is 42.1 Å². The third-order valence-corrected chi connectivity index (χ3v) is 5.79. The number of hydrogen-bond donors (Lipinski definition) is 3. The quantitative estimate of drug-likeness (QED) is 0.682. The minimum atomic E-state index is -0.0452. The van der Waals surface area contributed by atoms with Gasteiger partial charge in [-0.05, 0) is 50.3 Å². The largest absolute Gasteiger partial charge is 0.495 e. The first-order valence-corrected chi connectivity index (χ1v) is 10.1. The van der Waals surface area contributed by atoms with Gasteiger partial charge in [-0.15, -0.1) is 12.4 Å². The Morgan fingerprint density at radius 2 is 1.64 bits per heavy atom. The van der Waals surface area contributed by atoms with Crippen molar-refractivity contribution in [3.05, 3.63) is 18.2 Å². The molecular weight excluding hydrogens is 378 g/mol. The molecule has 0 spiro atoms. The van der Waals surface area contributed by atoms with Crippen LogP contribution in [0.1, 0.15) is 57.8 Å². The third-order valence-electron chi connectivity index (χ3n) is 5.79. The molecule has 0 radical (unpaired) electrons. The molecule has 2 aliphatic rings. The van der Waals surface area contributed by atoms with Crippen molar-refractivity contribution in [2.24, 2.45) is 17.6 Å². The molecule has 2 amide bonds. The molecule has 7 heteroatoms. The van der Waals surface area contributed by atoms with Crippen molar-refractivity contribution in [1.29, 1.82) is 0 Å². The summed E-state index contributed by atoms with van der Waals surface area (Å²) in [5, 5.41) is 5.97. The van der Waals surface area contributed by atoms with E-state index in [0.717, 1.165) is 51.4 Å². The van der Waals surface area contributed by atoms with E-state index in [1.165, 1.54) is 6.42 Å². The predicted octanol–water partition coefficient (Wildman–Crippen LogP) is 4.09. The molecule has 2 fully saturated rings. The molecule has 6 nitrogen and oxygen atoms in total. The maximum atomic E-state index is 12.6. The molecule has 2 aliphatic carbocycles. The van der Waals surface area contributed by atoms with Crippen molar-refractivity contribution in [1.82, 2.24) is 0 Å². The van der Waals surface area contributed by atoms with E-state index in [1.807, 2.05) is 0 Å². The van der Waals surface area contributed by atoms with Crippen molar-refractivity contribution in [2.75, 3.05) is 17.7 Å². The van der Waals surface area contributed by atoms with Crippen LogP contribution in [0, 0.1) is 11.8 Å². The highest BCUT2D eigenvalue weighted by Gasteiger charge is 2.26. The van der Waals surface area contributed by atoms with Crippen molar-refractivity contribution in [3.8, 4) is 5.75 Å². The van der Waals surface area contributed by atoms with Crippen LogP contribution >= 0.6 is 12.4 Å². The van der Waals surface area contributed by atoms with Crippen LogP contribution < -0.4 is 21.1 Å². The second kappa shape index (κ2) is 10.7. The zero-order valence-corrected chi connectivity index (χ0v) is 17.4. The first kappa shape index (κ1) is 22.5. The minimum Gasteiger partial charge on any atom is -0.495 e. The number of halogens is 1. The van der Waals surface area contributed by atoms with Gasteiger partial charge in [-0.3, -0.25) is 9.59 Å². The number of anilines is 2. The third kappa shape index (κ3) is 5.85. The average molecular weight is 410 g/mol. The van der Waals surface area contributed by atoms with Crippen molar-refractivity contribution >= 4 is 35.6 Å². The first-order chi connectivity index (χ1) is 13.1. The average Bonchev–Trinajstić information content (AvgIpc) is 2.69. The maximum Gasteiger partial charge on any atom is 0.227 e. The lowest BCUT2D eigenvalue weighted by molar-refractivity contribution is -0.121. The van der Waals surface area contributed by atoms with Gasteiger partial charge in [0.1, 0.15) is 5.75 Å². The van der Waals surface area contributed by atoms with Gasteiger partial charge in [0.05, 0.1) is 12.8 Å². The van der Waals surface area contributed by atoms with Crippen LogP contribution in [0.5, 0.6) is 5.75 Å². The van der Waals surface area contributed by atoms with E-state index in [2.05, 4.69) is 10.6 Å². The number of nitrogens with one attached hydrogen (secondary N) is 2. The van der Waals surface area contributed by atoms with Crippen molar-refractivity contribution in [3.63, 3.8) is 0 Å². The Balaban J connectivity index is 0.00000280. The Hall–Kier alpha value is -1.79. The molecule has 0 heterocycles. The number of amides is 2. The monoisotopic (exact) mass is 409 g/mol. The summed E-state index contributed by atoms with van der Waals surface area (Å²) in [6.07, 6.45) is 8.88. The number of ether oxygens (including phenoxy) is 1. The molecular formula is C21H32ClN3O3. The van der Waals surface area contributed by atoms with Gasteiger partial charge in [0, 0.05) is 23.6 Å². The summed E-state index contributed by atoms with van der Waals surface area (Å²) in [6.45, 7) is 0. The molecule has 0 aromatic heterocycles. The lowest BCUT2D eigenvalue weighted by Crippen LogP contribution is -2.34. The second-order valence-corrected chi connectivity index (χ2v) is 7.85. The lowest BCUT2D eigenvalue weighted by atomic mass is 9.85. The summed E-state index contributed by atoms with van der Waals surface area (Å²) in [5.74, 6) is 0.646. The van der Waals surface area contributed by atoms with E-state index in [9.17, 15) is 9.59 Å². The Morgan fingerprint density at radius 1 is 0.964 bits per heavy atom. The molecule has 3 rings (SSSR count). The van der Waals surface area contributed by atoms with E-state index in [1.54, 1.807) is 25.3 Å². The predicted molar refractivity (Wildman–Crippen MR) is 114 cm³/mol. The van der Waals surface area contributed by atoms with Gasteiger partial charge in [-0.1, -0.05) is 25.7 Å². The van der Waals surface area contributed by atoms with E-state index < -0.39 is 0 Å². The number of carbonyl (C=O) groups excluding carboxylic acids is 2. The van der Waals surface area contributed by atoms with Gasteiger partial charge in [0.15, 0.2) is 0 Å². The van der Waals surface area contributed by atoms with Crippen LogP contribution in [0.3, 0.4) is 0 Å². The molecule has 0 bridgehead atoms. The number of hydrogen-bond acceptors (Lipinski definition) is 4. The normalized spacial score (nSPS) is 22.6. The first-order valence-electron chi connectivity index (χ1n) is 10.1. The highest BCUT2D eigenvalue weighted by atomic mass is 35.5. The molecule has 0 aliphatic heterocycles. The van der Waals surface area contributed by atoms with Gasteiger partial charge in [-0.25, -0.2) is 0 Å². The number of rotatable bonds is 5. The molecule has 2 unspecified atom stereocenters. The van der Waals surface area contributed by atoms with Crippen LogP contribution in [0.4, 0.5) is 11.4 Å². The number of carbonyl (C=O) groups is 2. The summed E-state index contributed by atoms with van der Waals surface area (Å²) in [5.41, 5.74) is 7.27. The second-order valence-electron chi connectivity index (χ2n) is 7.85. The molecule has 28 heavy (non-hydrogen) atoms. The van der Waals surface area contributed by atoms with Crippen LogP contribution in [-0.2, 0) is 9.59 Å². The fraction of sp³-hybridized carbons (Fsp3) is 0.619. The van der Waals surface area contributed by atoms with E-state index in [4.69, 9.17) is 10.5 Å². The lowest BCUT2D eigenvalue weighted by Gasteiger charge is -2.26. The molecule has 0 saturated heterocycles. The summed E-state index contributed by atoms with van der Waals surface area (Å²) in [7, 11) is 1.58. The van der Waals surface area contributed by atoms with Crippen molar-refractivity contribution in [2.45, 2.75) is 63.8 Å². The molecule has 4 N–H and O–H groups in total. The van der Waals surface area contributed by atoms with Gasteiger partial charge < -0.3 is 21.1 Å². The van der Waals surface area contributed by atoms with Gasteiger partial charge in [0.25, 0.3) is 0 Å². The molecule has 2 atom stereocenters. The van der Waals surface area contributed by atoms with Gasteiger partial charge >= 0.3 is 0 Å². The zero-order valence-electron chi connectivity index (χ0n) is 16.5. The molecule has 1 aromatic carbocycles. The highest BCUT2D eigenvalue weighted by molar-refractivity contribution is 5.97. The summed E-state index contributed by atoms with van der Waals surface area (Å²) >= 11 is 0. The van der Waals surface area contributed by atoms with E-state index in [0.29, 0.717) is 17.1 Å². The molecule has 156 valence electrons. The Labute approximate surface area is 173 Å².